The van der Waals surface area contributed by atoms with Gasteiger partial charge in [0.15, 0.2) is 5.96 Å². The summed E-state index contributed by atoms with van der Waals surface area (Å²) in [4.78, 5) is 117. The van der Waals surface area contributed by atoms with E-state index in [4.69, 9.17) is 22.9 Å². The highest BCUT2D eigenvalue weighted by atomic mass is 16.2. The molecule has 0 unspecified atom stereocenters. The molecule has 0 fully saturated rings. The number of amides is 8. The second-order valence-electron chi connectivity index (χ2n) is 15.8. The number of primary amides is 1. The van der Waals surface area contributed by atoms with Crippen molar-refractivity contribution in [3.63, 3.8) is 0 Å². The van der Waals surface area contributed by atoms with Crippen molar-refractivity contribution in [3.8, 4) is 0 Å². The number of nitrogens with one attached hydrogen (secondary N) is 5. The summed E-state index contributed by atoms with van der Waals surface area (Å²) in [6.07, 6.45) is 5.34. The molecule has 13 N–H and O–H groups in total. The maximum atomic E-state index is 14.6. The van der Waals surface area contributed by atoms with E-state index in [1.165, 1.54) is 21.6 Å². The first kappa shape index (κ1) is 53.3. The summed E-state index contributed by atoms with van der Waals surface area (Å²) in [5, 5.41) is 11.2. The van der Waals surface area contributed by atoms with Gasteiger partial charge in [0.2, 0.25) is 47.3 Å². The fourth-order valence-electron chi connectivity index (χ4n) is 7.03. The minimum atomic E-state index is -1.14. The minimum absolute atomic E-state index is 0.0209. The first-order chi connectivity index (χ1) is 31.6. The van der Waals surface area contributed by atoms with Crippen LogP contribution in [0.5, 0.6) is 0 Å². The van der Waals surface area contributed by atoms with Crippen LogP contribution in [0.25, 0.3) is 10.9 Å². The maximum absolute atomic E-state index is 14.6. The third kappa shape index (κ3) is 19.4. The molecule has 0 aliphatic heterocycles. The molecule has 0 radical (unpaired) electrons. The van der Waals surface area contributed by atoms with Crippen LogP contribution in [0, 0.1) is 0 Å². The number of rotatable bonds is 30. The van der Waals surface area contributed by atoms with E-state index in [9.17, 15) is 38.4 Å². The van der Waals surface area contributed by atoms with Crippen molar-refractivity contribution in [2.24, 2.45) is 27.9 Å². The van der Waals surface area contributed by atoms with Crippen LogP contribution >= 0.6 is 0 Å². The first-order valence-electron chi connectivity index (χ1n) is 22.2. The Kier molecular flexibility index (Phi) is 23.2. The summed E-state index contributed by atoms with van der Waals surface area (Å²) >= 11 is 0. The molecule has 0 spiro atoms. The van der Waals surface area contributed by atoms with E-state index in [0.29, 0.717) is 44.2 Å². The van der Waals surface area contributed by atoms with Crippen LogP contribution in [-0.4, -0.2) is 144 Å². The number of aromatic nitrogens is 1. The van der Waals surface area contributed by atoms with E-state index in [1.54, 1.807) is 30.3 Å². The van der Waals surface area contributed by atoms with Crippen molar-refractivity contribution in [2.75, 3.05) is 58.9 Å². The maximum Gasteiger partial charge on any atom is 0.245 e. The third-order valence-corrected chi connectivity index (χ3v) is 10.4. The van der Waals surface area contributed by atoms with Crippen molar-refractivity contribution in [3.05, 3.63) is 71.9 Å². The number of carbonyl (C=O) groups excluding carboxylic acids is 8. The molecular weight excluding hydrogens is 851 g/mol. The topological polar surface area (TPSA) is 327 Å². The van der Waals surface area contributed by atoms with E-state index in [1.807, 2.05) is 37.4 Å². The molecule has 0 aliphatic carbocycles. The second-order valence-corrected chi connectivity index (χ2v) is 15.8. The van der Waals surface area contributed by atoms with Gasteiger partial charge < -0.3 is 63.9 Å². The largest absolute Gasteiger partial charge is 0.370 e. The number of nitrogens with two attached hydrogens (primary N) is 4. The molecule has 1 aromatic heterocycles. The highest BCUT2D eigenvalue weighted by Gasteiger charge is 2.31. The van der Waals surface area contributed by atoms with Crippen LogP contribution in [0.15, 0.2) is 65.8 Å². The lowest BCUT2D eigenvalue weighted by molar-refractivity contribution is -0.146. The number of unbranched alkanes of at least 4 members (excludes halogenated alkanes) is 2. The van der Waals surface area contributed by atoms with Gasteiger partial charge in [-0.1, -0.05) is 68.3 Å². The Morgan fingerprint density at radius 2 is 1.38 bits per heavy atom. The molecule has 66 heavy (non-hydrogen) atoms. The lowest BCUT2D eigenvalue weighted by Crippen LogP contribution is -2.54. The molecule has 1 heterocycles. The van der Waals surface area contributed by atoms with E-state index < -0.39 is 92.1 Å². The Balaban J connectivity index is 1.91. The number of benzene rings is 2. The Morgan fingerprint density at radius 3 is 2.05 bits per heavy atom. The standard InChI is InChI=1S/C45H67N13O8/c1-3-4-16-36(54-31(2)59)43(65)53-26-39(61)55-37(18-10-11-20-46)44(66)58(27-32-13-6-5-7-14-32)30-42(64)56(22-12-21-50-45(48)49)29-41(63)57(28-40(62)52-25-38(47)60)23-19-33-24-51-35-17-9-8-15-34(33)35/h5-9,13-15,17,24,36-37,51H,3-4,10-12,16,18-23,25-30,46H2,1-2H3,(H2,47,60)(H,52,62)(H,53,65)(H,54,59)(H,55,61)(H4,48,49,50)/t36-,37-/m0/s1. The number of guanidine groups is 1. The fraction of sp³-hybridized carbons (Fsp3) is 0.489. The Hall–Kier alpha value is -7.03. The van der Waals surface area contributed by atoms with Crippen molar-refractivity contribution in [1.82, 2.24) is 41.0 Å². The predicted molar refractivity (Wildman–Crippen MR) is 249 cm³/mol. The third-order valence-electron chi connectivity index (χ3n) is 10.4. The molecule has 3 aromatic rings. The molecular formula is C45H67N13O8. The molecule has 21 nitrogen and oxygen atoms in total. The predicted octanol–water partition coefficient (Wildman–Crippen LogP) is -0.914. The average Bonchev–Trinajstić information content (AvgIpc) is 3.70. The van der Waals surface area contributed by atoms with Gasteiger partial charge in [-0.15, -0.1) is 0 Å². The van der Waals surface area contributed by atoms with E-state index >= 15 is 0 Å². The van der Waals surface area contributed by atoms with Gasteiger partial charge >= 0.3 is 0 Å². The summed E-state index contributed by atoms with van der Waals surface area (Å²) < 4.78 is 0. The monoisotopic (exact) mass is 918 g/mol. The van der Waals surface area contributed by atoms with Gasteiger partial charge in [-0.25, -0.2) is 0 Å². The van der Waals surface area contributed by atoms with Gasteiger partial charge in [0.05, 0.1) is 26.2 Å². The van der Waals surface area contributed by atoms with Gasteiger partial charge in [-0.05, 0) is 62.3 Å². The van der Waals surface area contributed by atoms with E-state index in [2.05, 4.69) is 31.2 Å². The van der Waals surface area contributed by atoms with Crippen LogP contribution in [-0.2, 0) is 51.3 Å². The first-order valence-corrected chi connectivity index (χ1v) is 22.2. The van der Waals surface area contributed by atoms with Crippen molar-refractivity contribution < 1.29 is 38.4 Å². The van der Waals surface area contributed by atoms with Gasteiger partial charge in [0.25, 0.3) is 0 Å². The number of fused-ring (bicyclic) bond motifs is 1. The SMILES string of the molecule is CCCC[C@H](NC(C)=O)C(=O)NCC(=O)N[C@@H](CCCCN)C(=O)N(CC(=O)N(CCCN=C(N)N)CC(=O)N(CCc1c[nH]c2ccccc12)CC(=O)NCC(N)=O)Cc1ccccc1. The van der Waals surface area contributed by atoms with Crippen molar-refractivity contribution >= 4 is 64.1 Å². The molecule has 0 saturated heterocycles. The Labute approximate surface area is 385 Å². The number of hydrogen-bond acceptors (Lipinski definition) is 10. The molecule has 360 valence electrons. The zero-order valence-electron chi connectivity index (χ0n) is 38.0. The lowest BCUT2D eigenvalue weighted by Gasteiger charge is -2.31. The lowest BCUT2D eigenvalue weighted by atomic mass is 10.1. The quantitative estimate of drug-likeness (QED) is 0.0224. The number of aromatic amines is 1. The van der Waals surface area contributed by atoms with Gasteiger partial charge in [0.1, 0.15) is 18.6 Å². The second kappa shape index (κ2) is 28.7. The summed E-state index contributed by atoms with van der Waals surface area (Å²) in [6, 6.07) is 14.5. The van der Waals surface area contributed by atoms with Crippen molar-refractivity contribution in [1.29, 1.82) is 0 Å². The Morgan fingerprint density at radius 1 is 0.712 bits per heavy atom. The van der Waals surface area contributed by atoms with Gasteiger partial charge in [0, 0.05) is 50.2 Å². The van der Waals surface area contributed by atoms with Gasteiger partial charge in [-0.3, -0.25) is 43.3 Å². The highest BCUT2D eigenvalue weighted by molar-refractivity contribution is 5.94. The van der Waals surface area contributed by atoms with Crippen LogP contribution in [0.4, 0.5) is 0 Å². The highest BCUT2D eigenvalue weighted by Crippen LogP contribution is 2.19. The van der Waals surface area contributed by atoms with Crippen LogP contribution in [0.3, 0.4) is 0 Å². The summed E-state index contributed by atoms with van der Waals surface area (Å²) in [6.45, 7) is 1.29. The van der Waals surface area contributed by atoms with Crippen LogP contribution < -0.4 is 44.2 Å². The molecule has 0 saturated carbocycles. The Bertz CT molecular complexity index is 2110. The molecule has 8 amide bonds. The zero-order chi connectivity index (χ0) is 48.4. The zero-order valence-corrected chi connectivity index (χ0v) is 38.0. The smallest absolute Gasteiger partial charge is 0.245 e. The van der Waals surface area contributed by atoms with E-state index in [-0.39, 0.29) is 45.0 Å². The summed E-state index contributed by atoms with van der Waals surface area (Å²) in [5.74, 6) is -5.00. The molecule has 3 rings (SSSR count). The van der Waals surface area contributed by atoms with E-state index in [0.717, 1.165) is 22.9 Å². The molecule has 21 heteroatoms. The van der Waals surface area contributed by atoms with Gasteiger partial charge in [-0.2, -0.15) is 0 Å². The number of hydrogen-bond donors (Lipinski definition) is 9. The van der Waals surface area contributed by atoms with Crippen molar-refractivity contribution in [2.45, 2.75) is 83.8 Å². The number of nitrogens with zero attached hydrogens (tertiary/aromatic N) is 4. The molecule has 0 aliphatic rings. The number of H-pyrrole nitrogens is 1. The summed E-state index contributed by atoms with van der Waals surface area (Å²) in [7, 11) is 0. The number of para-hydroxylation sites is 1. The molecule has 2 aromatic carbocycles. The van der Waals surface area contributed by atoms with Crippen LogP contribution in [0.1, 0.15) is 69.9 Å². The molecule has 0 bridgehead atoms. The number of carbonyl (C=O) groups is 8. The average molecular weight is 918 g/mol. The number of aliphatic imine (C=N–C) groups is 1. The minimum Gasteiger partial charge on any atom is -0.370 e. The van der Waals surface area contributed by atoms with Crippen LogP contribution in [0.2, 0.25) is 0 Å². The summed E-state index contributed by atoms with van der Waals surface area (Å²) in [5.41, 5.74) is 24.6. The fourth-order valence-corrected chi connectivity index (χ4v) is 7.03. The molecule has 2 atom stereocenters. The normalized spacial score (nSPS) is 11.7.